The lowest BCUT2D eigenvalue weighted by Crippen LogP contribution is -2.05. The third-order valence-electron chi connectivity index (χ3n) is 3.26. The average Bonchev–Trinajstić information content (AvgIpc) is 2.83. The first kappa shape index (κ1) is 14.5. The van der Waals surface area contributed by atoms with Gasteiger partial charge in [-0.15, -0.1) is 11.3 Å². The average molecular weight is 256 g/mol. The van der Waals surface area contributed by atoms with Gasteiger partial charge in [0.15, 0.2) is 0 Å². The Morgan fingerprint density at radius 1 is 1.41 bits per heavy atom. The number of hydrogen-bond donors (Lipinski definition) is 1. The SMILES string of the molecule is CCCCC(CC)CC(O)c1cc(OC)cs1. The molecule has 0 saturated carbocycles. The fraction of sp³-hybridized carbons (Fsp3) is 0.714. The molecule has 0 spiro atoms. The summed E-state index contributed by atoms with van der Waals surface area (Å²) in [5.41, 5.74) is 0. The molecular weight excluding hydrogens is 232 g/mol. The van der Waals surface area contributed by atoms with Gasteiger partial charge in [0, 0.05) is 10.3 Å². The highest BCUT2D eigenvalue weighted by Gasteiger charge is 2.16. The Balaban J connectivity index is 2.48. The third kappa shape index (κ3) is 4.68. The first-order valence-electron chi connectivity index (χ1n) is 6.51. The first-order chi connectivity index (χ1) is 8.21. The molecule has 0 amide bonds. The van der Waals surface area contributed by atoms with Crippen LogP contribution in [-0.2, 0) is 0 Å². The second kappa shape index (κ2) is 7.72. The summed E-state index contributed by atoms with van der Waals surface area (Å²) in [5.74, 6) is 1.49. The summed E-state index contributed by atoms with van der Waals surface area (Å²) in [4.78, 5) is 1.02. The molecule has 0 aliphatic rings. The van der Waals surface area contributed by atoms with Crippen LogP contribution in [0.5, 0.6) is 5.75 Å². The predicted molar refractivity (Wildman–Crippen MR) is 73.8 cm³/mol. The van der Waals surface area contributed by atoms with E-state index in [0.29, 0.717) is 5.92 Å². The van der Waals surface area contributed by atoms with Crippen LogP contribution in [0.2, 0.25) is 0 Å². The number of ether oxygens (including phenoxy) is 1. The van der Waals surface area contributed by atoms with Crippen molar-refractivity contribution < 1.29 is 9.84 Å². The minimum atomic E-state index is -0.328. The van der Waals surface area contributed by atoms with Gasteiger partial charge in [-0.3, -0.25) is 0 Å². The van der Waals surface area contributed by atoms with Gasteiger partial charge in [-0.1, -0.05) is 39.5 Å². The molecule has 1 heterocycles. The summed E-state index contributed by atoms with van der Waals surface area (Å²) >= 11 is 1.58. The van der Waals surface area contributed by atoms with Crippen LogP contribution < -0.4 is 4.74 Å². The van der Waals surface area contributed by atoms with Gasteiger partial charge in [-0.2, -0.15) is 0 Å². The zero-order chi connectivity index (χ0) is 12.7. The van der Waals surface area contributed by atoms with Crippen LogP contribution in [0.15, 0.2) is 11.4 Å². The van der Waals surface area contributed by atoms with Gasteiger partial charge in [0.1, 0.15) is 5.75 Å². The summed E-state index contributed by atoms with van der Waals surface area (Å²) in [6, 6.07) is 1.95. The Kier molecular flexibility index (Phi) is 6.60. The van der Waals surface area contributed by atoms with Crippen molar-refractivity contribution in [2.24, 2.45) is 5.92 Å². The monoisotopic (exact) mass is 256 g/mol. The maximum absolute atomic E-state index is 10.2. The number of unbranched alkanes of at least 4 members (excludes halogenated alkanes) is 1. The number of thiophene rings is 1. The molecule has 17 heavy (non-hydrogen) atoms. The molecule has 2 unspecified atom stereocenters. The Hall–Kier alpha value is -0.540. The molecule has 3 heteroatoms. The smallest absolute Gasteiger partial charge is 0.129 e. The molecule has 2 atom stereocenters. The Bertz CT molecular complexity index is 309. The van der Waals surface area contributed by atoms with E-state index in [1.165, 1.54) is 19.3 Å². The maximum Gasteiger partial charge on any atom is 0.129 e. The summed E-state index contributed by atoms with van der Waals surface area (Å²) in [7, 11) is 1.66. The molecule has 0 aliphatic carbocycles. The molecule has 0 fully saturated rings. The zero-order valence-electron chi connectivity index (χ0n) is 11.1. The van der Waals surface area contributed by atoms with Crippen molar-refractivity contribution in [3.63, 3.8) is 0 Å². The van der Waals surface area contributed by atoms with E-state index in [9.17, 15) is 5.11 Å². The standard InChI is InChI=1S/C14H24O2S/c1-4-6-7-11(5-2)8-13(15)14-9-12(16-3)10-17-14/h9-11,13,15H,4-8H2,1-3H3. The van der Waals surface area contributed by atoms with Crippen LogP contribution >= 0.6 is 11.3 Å². The molecule has 1 N–H and O–H groups in total. The van der Waals surface area contributed by atoms with Crippen LogP contribution in [-0.4, -0.2) is 12.2 Å². The minimum absolute atomic E-state index is 0.328. The van der Waals surface area contributed by atoms with Crippen molar-refractivity contribution in [1.29, 1.82) is 0 Å². The molecule has 0 radical (unpaired) electrons. The summed E-state index contributed by atoms with van der Waals surface area (Å²) in [6.07, 6.45) is 5.43. The highest BCUT2D eigenvalue weighted by molar-refractivity contribution is 7.10. The molecule has 0 aromatic carbocycles. The molecule has 1 aromatic rings. The van der Waals surface area contributed by atoms with Crippen molar-refractivity contribution in [2.45, 2.75) is 52.1 Å². The van der Waals surface area contributed by atoms with Gasteiger partial charge in [0.05, 0.1) is 13.2 Å². The fourth-order valence-corrected chi connectivity index (χ4v) is 2.88. The lowest BCUT2D eigenvalue weighted by molar-refractivity contribution is 0.142. The van der Waals surface area contributed by atoms with E-state index in [0.717, 1.165) is 23.5 Å². The Morgan fingerprint density at radius 3 is 2.71 bits per heavy atom. The van der Waals surface area contributed by atoms with E-state index in [-0.39, 0.29) is 6.10 Å². The summed E-state index contributed by atoms with van der Waals surface area (Å²) in [6.45, 7) is 4.43. The largest absolute Gasteiger partial charge is 0.496 e. The zero-order valence-corrected chi connectivity index (χ0v) is 11.9. The van der Waals surface area contributed by atoms with Crippen LogP contribution in [0, 0.1) is 5.92 Å². The van der Waals surface area contributed by atoms with E-state index in [1.54, 1.807) is 18.4 Å². The van der Waals surface area contributed by atoms with E-state index in [1.807, 2.05) is 11.4 Å². The van der Waals surface area contributed by atoms with Gasteiger partial charge in [-0.25, -0.2) is 0 Å². The van der Waals surface area contributed by atoms with Crippen molar-refractivity contribution in [3.05, 3.63) is 16.3 Å². The van der Waals surface area contributed by atoms with Crippen LogP contribution in [0.4, 0.5) is 0 Å². The second-order valence-corrected chi connectivity index (χ2v) is 5.50. The van der Waals surface area contributed by atoms with Crippen LogP contribution in [0.1, 0.15) is 56.9 Å². The van der Waals surface area contributed by atoms with Gasteiger partial charge >= 0.3 is 0 Å². The Morgan fingerprint density at radius 2 is 2.18 bits per heavy atom. The number of methoxy groups -OCH3 is 1. The van der Waals surface area contributed by atoms with Crippen molar-refractivity contribution in [2.75, 3.05) is 7.11 Å². The van der Waals surface area contributed by atoms with Crippen LogP contribution in [0.3, 0.4) is 0 Å². The first-order valence-corrected chi connectivity index (χ1v) is 7.39. The molecule has 1 aromatic heterocycles. The van der Waals surface area contributed by atoms with Crippen molar-refractivity contribution in [1.82, 2.24) is 0 Å². The van der Waals surface area contributed by atoms with Gasteiger partial charge < -0.3 is 9.84 Å². The second-order valence-electron chi connectivity index (χ2n) is 4.56. The lowest BCUT2D eigenvalue weighted by Gasteiger charge is -2.17. The Labute approximate surface area is 109 Å². The molecule has 1 rings (SSSR count). The van der Waals surface area contributed by atoms with E-state index in [2.05, 4.69) is 13.8 Å². The molecule has 98 valence electrons. The number of rotatable bonds is 8. The normalized spacial score (nSPS) is 14.6. The predicted octanol–water partition coefficient (Wildman–Crippen LogP) is 4.40. The molecular formula is C14H24O2S. The number of aliphatic hydroxyl groups is 1. The maximum atomic E-state index is 10.2. The molecule has 0 bridgehead atoms. The van der Waals surface area contributed by atoms with Gasteiger partial charge in [-0.05, 0) is 18.4 Å². The molecule has 0 saturated heterocycles. The van der Waals surface area contributed by atoms with E-state index < -0.39 is 0 Å². The summed E-state index contributed by atoms with van der Waals surface area (Å²) < 4.78 is 5.14. The lowest BCUT2D eigenvalue weighted by atomic mass is 9.93. The van der Waals surface area contributed by atoms with Gasteiger partial charge in [0.25, 0.3) is 0 Å². The summed E-state index contributed by atoms with van der Waals surface area (Å²) in [5, 5.41) is 12.1. The van der Waals surface area contributed by atoms with Crippen LogP contribution in [0.25, 0.3) is 0 Å². The van der Waals surface area contributed by atoms with Crippen molar-refractivity contribution in [3.8, 4) is 5.75 Å². The molecule has 0 aliphatic heterocycles. The quantitative estimate of drug-likeness (QED) is 0.747. The molecule has 2 nitrogen and oxygen atoms in total. The fourth-order valence-electron chi connectivity index (χ4n) is 2.03. The van der Waals surface area contributed by atoms with Gasteiger partial charge in [0.2, 0.25) is 0 Å². The van der Waals surface area contributed by atoms with E-state index in [4.69, 9.17) is 4.74 Å². The van der Waals surface area contributed by atoms with Crippen molar-refractivity contribution >= 4 is 11.3 Å². The number of hydrogen-bond acceptors (Lipinski definition) is 3. The highest BCUT2D eigenvalue weighted by Crippen LogP contribution is 2.32. The number of aliphatic hydroxyl groups excluding tert-OH is 1. The topological polar surface area (TPSA) is 29.5 Å². The highest BCUT2D eigenvalue weighted by atomic mass is 32.1. The third-order valence-corrected chi connectivity index (χ3v) is 4.27. The minimum Gasteiger partial charge on any atom is -0.496 e. The van der Waals surface area contributed by atoms with E-state index >= 15 is 0 Å².